The molecule has 1 aromatic heterocycles. The van der Waals surface area contributed by atoms with Gasteiger partial charge >= 0.3 is 0 Å². The monoisotopic (exact) mass is 502 g/mol. The van der Waals surface area contributed by atoms with E-state index >= 15 is 0 Å². The number of halogens is 1. The molecule has 0 radical (unpaired) electrons. The first kappa shape index (κ1) is 21.7. The molecule has 0 spiro atoms. The number of ether oxygens (including phenoxy) is 2. The highest BCUT2D eigenvalue weighted by atomic mass is 127. The van der Waals surface area contributed by atoms with Crippen LogP contribution in [0.2, 0.25) is 0 Å². The topological polar surface area (TPSA) is 59.0 Å². The van der Waals surface area contributed by atoms with Crippen molar-refractivity contribution in [1.29, 1.82) is 0 Å². The lowest BCUT2D eigenvalue weighted by atomic mass is 10.2. The predicted molar refractivity (Wildman–Crippen MR) is 121 cm³/mol. The SMILES string of the molecule is CCNC(=NCc1nc(C)c(C)s1)N(C)Cc1ccc2c(c1)OCCO2.I. The van der Waals surface area contributed by atoms with Gasteiger partial charge in [0.1, 0.15) is 18.2 Å². The van der Waals surface area contributed by atoms with Crippen molar-refractivity contribution in [3.05, 3.63) is 39.3 Å². The molecule has 27 heavy (non-hydrogen) atoms. The summed E-state index contributed by atoms with van der Waals surface area (Å²) < 4.78 is 11.3. The molecule has 0 fully saturated rings. The van der Waals surface area contributed by atoms with Crippen LogP contribution < -0.4 is 14.8 Å². The quantitative estimate of drug-likeness (QED) is 0.384. The molecular weight excluding hydrogens is 475 g/mol. The maximum Gasteiger partial charge on any atom is 0.194 e. The minimum atomic E-state index is 0. The number of aryl methyl sites for hydroxylation is 2. The molecule has 0 aliphatic carbocycles. The van der Waals surface area contributed by atoms with Gasteiger partial charge in [-0.1, -0.05) is 6.07 Å². The fraction of sp³-hybridized carbons (Fsp3) is 0.474. The minimum Gasteiger partial charge on any atom is -0.486 e. The van der Waals surface area contributed by atoms with Gasteiger partial charge in [0.05, 0.1) is 12.2 Å². The van der Waals surface area contributed by atoms with Gasteiger partial charge in [-0.05, 0) is 38.5 Å². The Morgan fingerprint density at radius 3 is 2.67 bits per heavy atom. The van der Waals surface area contributed by atoms with Crippen molar-refractivity contribution in [1.82, 2.24) is 15.2 Å². The van der Waals surface area contributed by atoms with Crippen molar-refractivity contribution in [3.8, 4) is 11.5 Å². The first-order valence-electron chi connectivity index (χ1n) is 8.87. The molecule has 1 aliphatic heterocycles. The smallest absolute Gasteiger partial charge is 0.194 e. The number of benzene rings is 1. The summed E-state index contributed by atoms with van der Waals surface area (Å²) in [6, 6.07) is 6.09. The number of nitrogens with one attached hydrogen (secondary N) is 1. The van der Waals surface area contributed by atoms with Gasteiger partial charge in [0.25, 0.3) is 0 Å². The molecule has 0 amide bonds. The van der Waals surface area contributed by atoms with Gasteiger partial charge < -0.3 is 19.7 Å². The molecule has 1 aliphatic rings. The number of hydrogen-bond donors (Lipinski definition) is 1. The van der Waals surface area contributed by atoms with Crippen molar-refractivity contribution in [3.63, 3.8) is 0 Å². The second-order valence-corrected chi connectivity index (χ2v) is 7.54. The van der Waals surface area contributed by atoms with Crippen LogP contribution in [0.5, 0.6) is 11.5 Å². The summed E-state index contributed by atoms with van der Waals surface area (Å²) in [5, 5.41) is 4.40. The zero-order valence-electron chi connectivity index (χ0n) is 16.2. The summed E-state index contributed by atoms with van der Waals surface area (Å²) >= 11 is 1.71. The molecule has 148 valence electrons. The van der Waals surface area contributed by atoms with E-state index in [1.807, 2.05) is 26.1 Å². The van der Waals surface area contributed by atoms with Gasteiger partial charge in [-0.25, -0.2) is 9.98 Å². The second kappa shape index (κ2) is 10.1. The molecule has 0 saturated carbocycles. The number of hydrogen-bond acceptors (Lipinski definition) is 5. The van der Waals surface area contributed by atoms with Crippen molar-refractivity contribution < 1.29 is 9.47 Å². The summed E-state index contributed by atoms with van der Waals surface area (Å²) in [7, 11) is 2.04. The molecule has 8 heteroatoms. The highest BCUT2D eigenvalue weighted by Gasteiger charge is 2.14. The number of aliphatic imine (C=N–C) groups is 1. The lowest BCUT2D eigenvalue weighted by Crippen LogP contribution is -2.38. The molecule has 0 bridgehead atoms. The van der Waals surface area contributed by atoms with Gasteiger partial charge in [0, 0.05) is 25.0 Å². The van der Waals surface area contributed by atoms with E-state index in [0.29, 0.717) is 19.8 Å². The summed E-state index contributed by atoms with van der Waals surface area (Å²) in [4.78, 5) is 12.7. The fourth-order valence-electron chi connectivity index (χ4n) is 2.75. The number of rotatable bonds is 5. The predicted octanol–water partition coefficient (Wildman–Crippen LogP) is 3.75. The molecule has 3 rings (SSSR count). The van der Waals surface area contributed by atoms with E-state index in [-0.39, 0.29) is 24.0 Å². The third-order valence-electron chi connectivity index (χ3n) is 4.16. The van der Waals surface area contributed by atoms with Crippen molar-refractivity contribution in [2.75, 3.05) is 26.8 Å². The third kappa shape index (κ3) is 5.71. The van der Waals surface area contributed by atoms with Crippen molar-refractivity contribution in [2.45, 2.75) is 33.9 Å². The van der Waals surface area contributed by atoms with Crippen LogP contribution in [0, 0.1) is 13.8 Å². The van der Waals surface area contributed by atoms with Gasteiger partial charge in [0.15, 0.2) is 17.5 Å². The molecular formula is C19H27IN4O2S. The number of thiazole rings is 1. The van der Waals surface area contributed by atoms with Crippen LogP contribution in [0.25, 0.3) is 0 Å². The Morgan fingerprint density at radius 2 is 2.00 bits per heavy atom. The van der Waals surface area contributed by atoms with E-state index in [2.05, 4.69) is 35.1 Å². The summed E-state index contributed by atoms with van der Waals surface area (Å²) in [6.45, 7) is 9.57. The summed E-state index contributed by atoms with van der Waals surface area (Å²) in [5.41, 5.74) is 2.25. The van der Waals surface area contributed by atoms with Crippen molar-refractivity contribution in [2.24, 2.45) is 4.99 Å². The number of nitrogens with zero attached hydrogens (tertiary/aromatic N) is 3. The maximum atomic E-state index is 5.68. The summed E-state index contributed by atoms with van der Waals surface area (Å²) in [5.74, 6) is 2.50. The molecule has 1 aromatic carbocycles. The second-order valence-electron chi connectivity index (χ2n) is 6.25. The lowest BCUT2D eigenvalue weighted by Gasteiger charge is -2.23. The first-order valence-corrected chi connectivity index (χ1v) is 9.69. The molecule has 0 saturated heterocycles. The van der Waals surface area contributed by atoms with E-state index in [1.54, 1.807) is 11.3 Å². The van der Waals surface area contributed by atoms with Crippen LogP contribution >= 0.6 is 35.3 Å². The Balaban J connectivity index is 0.00000261. The minimum absolute atomic E-state index is 0. The highest BCUT2D eigenvalue weighted by Crippen LogP contribution is 2.31. The average molecular weight is 502 g/mol. The van der Waals surface area contributed by atoms with Gasteiger partial charge in [-0.15, -0.1) is 35.3 Å². The Bertz CT molecular complexity index is 775. The van der Waals surface area contributed by atoms with Gasteiger partial charge in [0.2, 0.25) is 0 Å². The Hall–Kier alpha value is -1.55. The van der Waals surface area contributed by atoms with Crippen LogP contribution in [0.4, 0.5) is 0 Å². The average Bonchev–Trinajstić information content (AvgIpc) is 2.96. The van der Waals surface area contributed by atoms with E-state index in [1.165, 1.54) is 4.88 Å². The Kier molecular flexibility index (Phi) is 8.15. The zero-order valence-corrected chi connectivity index (χ0v) is 19.4. The van der Waals surface area contributed by atoms with Crippen LogP contribution in [0.1, 0.15) is 28.1 Å². The Morgan fingerprint density at radius 1 is 1.26 bits per heavy atom. The normalized spacial score (nSPS) is 13.1. The third-order valence-corrected chi connectivity index (χ3v) is 5.22. The largest absolute Gasteiger partial charge is 0.486 e. The van der Waals surface area contributed by atoms with E-state index in [9.17, 15) is 0 Å². The fourth-order valence-corrected chi connectivity index (χ4v) is 3.61. The maximum absolute atomic E-state index is 5.68. The van der Waals surface area contributed by atoms with Gasteiger partial charge in [-0.3, -0.25) is 0 Å². The zero-order chi connectivity index (χ0) is 18.5. The lowest BCUT2D eigenvalue weighted by molar-refractivity contribution is 0.171. The van der Waals surface area contributed by atoms with E-state index in [0.717, 1.165) is 46.8 Å². The van der Waals surface area contributed by atoms with Crippen LogP contribution in [0.15, 0.2) is 23.2 Å². The standard InChI is InChI=1S/C19H26N4O2S.HI/c1-5-20-19(21-11-18-22-13(2)14(3)26-18)23(4)12-15-6-7-16-17(10-15)25-9-8-24-16;/h6-7,10H,5,8-9,11-12H2,1-4H3,(H,20,21);1H. The number of fused-ring (bicyclic) bond motifs is 1. The number of aromatic nitrogens is 1. The molecule has 0 unspecified atom stereocenters. The molecule has 6 nitrogen and oxygen atoms in total. The van der Waals surface area contributed by atoms with Crippen LogP contribution in [-0.2, 0) is 13.1 Å². The van der Waals surface area contributed by atoms with E-state index < -0.39 is 0 Å². The molecule has 2 heterocycles. The van der Waals surface area contributed by atoms with Gasteiger partial charge in [-0.2, -0.15) is 0 Å². The number of guanidine groups is 1. The molecule has 0 atom stereocenters. The molecule has 2 aromatic rings. The first-order chi connectivity index (χ1) is 12.6. The Labute approximate surface area is 182 Å². The molecule has 1 N–H and O–H groups in total. The highest BCUT2D eigenvalue weighted by molar-refractivity contribution is 14.0. The van der Waals surface area contributed by atoms with Crippen LogP contribution in [-0.4, -0.2) is 42.6 Å². The van der Waals surface area contributed by atoms with Crippen molar-refractivity contribution >= 4 is 41.3 Å². The van der Waals surface area contributed by atoms with Crippen LogP contribution in [0.3, 0.4) is 0 Å². The van der Waals surface area contributed by atoms with E-state index in [4.69, 9.17) is 14.5 Å². The summed E-state index contributed by atoms with van der Waals surface area (Å²) in [6.07, 6.45) is 0.